The minimum atomic E-state index is -2.45. The van der Waals surface area contributed by atoms with Crippen molar-refractivity contribution >= 4 is 41.7 Å². The maximum absolute atomic E-state index is 15.6. The van der Waals surface area contributed by atoms with Crippen LogP contribution in [0.3, 0.4) is 0 Å². The van der Waals surface area contributed by atoms with Gasteiger partial charge in [0.25, 0.3) is 5.91 Å². The first-order valence-electron chi connectivity index (χ1n) is 22.1. The molecular formula is C50H55NO16. The van der Waals surface area contributed by atoms with Gasteiger partial charge in [0, 0.05) is 37.7 Å². The van der Waals surface area contributed by atoms with Crippen molar-refractivity contribution in [3.8, 4) is 0 Å². The van der Waals surface area contributed by atoms with Crippen LogP contribution in [0.5, 0.6) is 0 Å². The van der Waals surface area contributed by atoms with Gasteiger partial charge in [0.05, 0.1) is 36.2 Å². The molecule has 1 saturated heterocycles. The second-order valence-corrected chi connectivity index (χ2v) is 18.1. The lowest BCUT2D eigenvalue weighted by atomic mass is 9.44. The molecule has 1 amide bonds. The van der Waals surface area contributed by atoms with Gasteiger partial charge in [0.15, 0.2) is 17.5 Å². The highest BCUT2D eigenvalue weighted by atomic mass is 16.7. The molecular weight excluding hydrogens is 871 g/mol. The molecule has 11 atom stereocenters. The predicted octanol–water partition coefficient (Wildman–Crippen LogP) is 4.92. The van der Waals surface area contributed by atoms with Gasteiger partial charge < -0.3 is 48.7 Å². The minimum Gasteiger partial charge on any atom is -0.455 e. The molecule has 0 aromatic heterocycles. The standard InChI is InChI=1S/C50H55NO16/c1-8-61-46(59)65-39(37(30-18-12-9-13-19-30)51-43(56)31-20-14-10-15-21-31)45(58)64-33-25-50(60)42(66-44(57)32-22-16-11-17-23-32)40-48(7,34(54)24-35-49(40,26-62-35)67-29(4)53)41(55)38(63-28(3)52)36(27(33)2)47(50,5)6/h9-23,33-35,37-40,42,54,60H,8,24-26H2,1-7H3,(H,51,56)/t33?,34-,35+,37+,38+,39?,40-,42-,48+,49-,50+/m0/s1. The van der Waals surface area contributed by atoms with Crippen molar-refractivity contribution in [2.45, 2.75) is 115 Å². The molecule has 2 unspecified atom stereocenters. The van der Waals surface area contributed by atoms with E-state index in [1.807, 2.05) is 0 Å². The molecule has 3 aliphatic carbocycles. The molecule has 17 heteroatoms. The fourth-order valence-electron chi connectivity index (χ4n) is 10.5. The number of aliphatic hydroxyl groups is 2. The summed E-state index contributed by atoms with van der Waals surface area (Å²) in [7, 11) is 0. The van der Waals surface area contributed by atoms with Crippen LogP contribution in [-0.2, 0) is 52.3 Å². The number of esters is 4. The van der Waals surface area contributed by atoms with Crippen LogP contribution in [0.15, 0.2) is 102 Å². The van der Waals surface area contributed by atoms with E-state index in [1.165, 1.54) is 32.9 Å². The molecule has 2 saturated carbocycles. The Bertz CT molecular complexity index is 2440. The summed E-state index contributed by atoms with van der Waals surface area (Å²) in [6.45, 7) is 9.23. The fraction of sp³-hybridized carbons (Fsp3) is 0.460. The zero-order valence-corrected chi connectivity index (χ0v) is 38.2. The molecule has 17 nitrogen and oxygen atoms in total. The third-order valence-corrected chi connectivity index (χ3v) is 13.9. The highest BCUT2D eigenvalue weighted by Gasteiger charge is 2.78. The van der Waals surface area contributed by atoms with Crippen LogP contribution >= 0.6 is 0 Å². The Hall–Kier alpha value is -6.43. The molecule has 3 N–H and O–H groups in total. The molecule has 3 fully saturated rings. The summed E-state index contributed by atoms with van der Waals surface area (Å²) in [6.07, 6.45) is -12.0. The van der Waals surface area contributed by atoms with Crippen LogP contribution in [0.25, 0.3) is 0 Å². The Morgan fingerprint density at radius 3 is 1.99 bits per heavy atom. The van der Waals surface area contributed by atoms with Gasteiger partial charge in [-0.3, -0.25) is 19.2 Å². The van der Waals surface area contributed by atoms with E-state index in [1.54, 1.807) is 92.7 Å². The summed E-state index contributed by atoms with van der Waals surface area (Å²) in [5.41, 5.74) is -7.41. The molecule has 0 spiro atoms. The molecule has 4 aliphatic rings. The minimum absolute atomic E-state index is 0.0414. The highest BCUT2D eigenvalue weighted by Crippen LogP contribution is 2.64. The molecule has 0 radical (unpaired) electrons. The maximum Gasteiger partial charge on any atom is 0.509 e. The lowest BCUT2D eigenvalue weighted by Gasteiger charge is -2.67. The number of carbonyl (C=O) groups excluding carboxylic acids is 7. The normalized spacial score (nSPS) is 30.2. The van der Waals surface area contributed by atoms with Gasteiger partial charge in [-0.15, -0.1) is 0 Å². The Morgan fingerprint density at radius 1 is 0.836 bits per heavy atom. The lowest BCUT2D eigenvalue weighted by Crippen LogP contribution is -2.82. The second kappa shape index (κ2) is 18.7. The number of nitrogens with one attached hydrogen (secondary N) is 1. The first kappa shape index (κ1) is 48.5. The Balaban J connectivity index is 1.42. The number of hydrogen-bond acceptors (Lipinski definition) is 16. The van der Waals surface area contributed by atoms with Crippen LogP contribution in [-0.4, -0.2) is 113 Å². The van der Waals surface area contributed by atoms with Crippen molar-refractivity contribution < 1.29 is 76.9 Å². The van der Waals surface area contributed by atoms with E-state index >= 15 is 4.79 Å². The smallest absolute Gasteiger partial charge is 0.455 e. The van der Waals surface area contributed by atoms with Crippen LogP contribution in [0.1, 0.15) is 93.6 Å². The Morgan fingerprint density at radius 2 is 1.43 bits per heavy atom. The number of amides is 1. The number of aliphatic hydroxyl groups excluding tert-OH is 1. The predicted molar refractivity (Wildman–Crippen MR) is 234 cm³/mol. The van der Waals surface area contributed by atoms with E-state index in [2.05, 4.69) is 5.32 Å². The number of benzene rings is 3. The zero-order valence-electron chi connectivity index (χ0n) is 38.2. The molecule has 1 aliphatic heterocycles. The average molecular weight is 926 g/mol. The Kier molecular flexibility index (Phi) is 13.5. The van der Waals surface area contributed by atoms with E-state index in [9.17, 15) is 39.0 Å². The van der Waals surface area contributed by atoms with Crippen molar-refractivity contribution in [2.75, 3.05) is 13.2 Å². The van der Waals surface area contributed by atoms with Gasteiger partial charge in [-0.25, -0.2) is 14.4 Å². The van der Waals surface area contributed by atoms with Crippen molar-refractivity contribution in [3.05, 3.63) is 119 Å². The van der Waals surface area contributed by atoms with Gasteiger partial charge in [0.1, 0.15) is 30.0 Å². The van der Waals surface area contributed by atoms with Gasteiger partial charge in [-0.1, -0.05) is 80.6 Å². The summed E-state index contributed by atoms with van der Waals surface area (Å²) < 4.78 is 41.4. The monoisotopic (exact) mass is 925 g/mol. The van der Waals surface area contributed by atoms with Crippen molar-refractivity contribution in [2.24, 2.45) is 16.7 Å². The van der Waals surface area contributed by atoms with Gasteiger partial charge in [-0.2, -0.15) is 0 Å². The third-order valence-electron chi connectivity index (χ3n) is 13.9. The number of carbonyl (C=O) groups is 7. The topological polar surface area (TPSA) is 237 Å². The second-order valence-electron chi connectivity index (χ2n) is 18.1. The molecule has 1 heterocycles. The summed E-state index contributed by atoms with van der Waals surface area (Å²) in [5.74, 6) is -7.04. The van der Waals surface area contributed by atoms with Gasteiger partial charge >= 0.3 is 30.0 Å². The quantitative estimate of drug-likeness (QED) is 0.124. The first-order valence-corrected chi connectivity index (χ1v) is 22.1. The van der Waals surface area contributed by atoms with Crippen molar-refractivity contribution in [3.63, 3.8) is 0 Å². The highest BCUT2D eigenvalue weighted by molar-refractivity contribution is 5.96. The molecule has 356 valence electrons. The van der Waals surface area contributed by atoms with Crippen LogP contribution in [0, 0.1) is 16.7 Å². The summed E-state index contributed by atoms with van der Waals surface area (Å²) in [5, 5.41) is 28.8. The van der Waals surface area contributed by atoms with E-state index in [-0.39, 0.29) is 41.9 Å². The van der Waals surface area contributed by atoms with Crippen LogP contribution in [0.2, 0.25) is 0 Å². The van der Waals surface area contributed by atoms with Crippen molar-refractivity contribution in [1.82, 2.24) is 5.32 Å². The third kappa shape index (κ3) is 8.59. The fourth-order valence-corrected chi connectivity index (χ4v) is 10.5. The number of Topliss-reactive ketones (excluding diaryl/α,β-unsaturated/α-hetero) is 1. The number of ether oxygens (including phenoxy) is 7. The molecule has 3 aromatic rings. The summed E-state index contributed by atoms with van der Waals surface area (Å²) in [4.78, 5) is 98.1. The van der Waals surface area contributed by atoms with Gasteiger partial charge in [-0.05, 0) is 61.7 Å². The molecule has 67 heavy (non-hydrogen) atoms. The van der Waals surface area contributed by atoms with E-state index in [0.29, 0.717) is 5.56 Å². The van der Waals surface area contributed by atoms with Crippen LogP contribution in [0.4, 0.5) is 4.79 Å². The van der Waals surface area contributed by atoms with E-state index < -0.39 is 119 Å². The number of ketones is 1. The molecule has 7 rings (SSSR count). The average Bonchev–Trinajstić information content (AvgIpc) is 3.29. The van der Waals surface area contributed by atoms with Gasteiger partial charge in [0.2, 0.25) is 6.10 Å². The largest absolute Gasteiger partial charge is 0.509 e. The molecule has 2 bridgehead atoms. The maximum atomic E-state index is 15.6. The van der Waals surface area contributed by atoms with Crippen LogP contribution < -0.4 is 5.32 Å². The van der Waals surface area contributed by atoms with E-state index in [4.69, 9.17) is 33.2 Å². The Labute approximate surface area is 387 Å². The number of fused-ring (bicyclic) bond motifs is 5. The number of hydrogen-bond donors (Lipinski definition) is 3. The first-order chi connectivity index (χ1) is 31.7. The summed E-state index contributed by atoms with van der Waals surface area (Å²) >= 11 is 0. The van der Waals surface area contributed by atoms with Crippen molar-refractivity contribution in [1.29, 1.82) is 0 Å². The summed E-state index contributed by atoms with van der Waals surface area (Å²) in [6, 6.07) is 22.6. The number of rotatable bonds is 12. The van der Waals surface area contributed by atoms with E-state index in [0.717, 1.165) is 13.8 Å². The zero-order chi connectivity index (χ0) is 48.6. The molecule has 3 aromatic carbocycles. The SMILES string of the molecule is CCOC(=O)OC(C(=O)OC1C[C@@]2(O)[C@@H](OC(=O)c3ccccc3)[C@@H]3[C@]4(OC(C)=O)CO[C@@H]4C[C@H](O)[C@@]3(C)C(=O)[C@H](OC(C)=O)C(=C1C)C2(C)C)[C@H](NC(=O)c1ccccc1)c1ccccc1. The lowest BCUT2D eigenvalue weighted by molar-refractivity contribution is -0.346.